The first-order valence-electron chi connectivity index (χ1n) is 3.40. The molecule has 1 nitrogen and oxygen atoms in total. The SMILES string of the molecule is CC(O)CC(C)CCCl. The minimum absolute atomic E-state index is 0.178. The van der Waals surface area contributed by atoms with Gasteiger partial charge in [0.15, 0.2) is 0 Å². The molecule has 0 radical (unpaired) electrons. The second kappa shape index (κ2) is 5.07. The van der Waals surface area contributed by atoms with E-state index >= 15 is 0 Å². The molecule has 0 saturated heterocycles. The van der Waals surface area contributed by atoms with Gasteiger partial charge in [-0.1, -0.05) is 6.92 Å². The van der Waals surface area contributed by atoms with Crippen LogP contribution >= 0.6 is 11.6 Å². The van der Waals surface area contributed by atoms with Crippen molar-refractivity contribution in [3.8, 4) is 0 Å². The highest BCUT2D eigenvalue weighted by Crippen LogP contribution is 2.10. The maximum atomic E-state index is 8.91. The lowest BCUT2D eigenvalue weighted by Gasteiger charge is -2.10. The Hall–Kier alpha value is 0.250. The number of hydrogen-bond donors (Lipinski definition) is 1. The van der Waals surface area contributed by atoms with Crippen molar-refractivity contribution >= 4 is 11.6 Å². The Kier molecular flexibility index (Phi) is 5.21. The first-order chi connectivity index (χ1) is 4.16. The molecule has 0 aromatic rings. The van der Waals surface area contributed by atoms with E-state index in [1.165, 1.54) is 0 Å². The van der Waals surface area contributed by atoms with Crippen LogP contribution in [0.15, 0.2) is 0 Å². The standard InChI is InChI=1S/C7H15ClO/c1-6(3-4-8)5-7(2)9/h6-7,9H,3-5H2,1-2H3. The molecule has 2 heteroatoms. The van der Waals surface area contributed by atoms with Crippen LogP contribution in [0, 0.1) is 5.92 Å². The molecule has 0 aromatic carbocycles. The molecule has 1 N–H and O–H groups in total. The highest BCUT2D eigenvalue weighted by Gasteiger charge is 2.03. The molecule has 0 aliphatic heterocycles. The van der Waals surface area contributed by atoms with Crippen LogP contribution in [-0.4, -0.2) is 17.1 Å². The fourth-order valence-electron chi connectivity index (χ4n) is 0.886. The fourth-order valence-corrected chi connectivity index (χ4v) is 1.26. The number of aliphatic hydroxyl groups is 1. The molecule has 56 valence electrons. The Labute approximate surface area is 62.0 Å². The molecular weight excluding hydrogens is 136 g/mol. The van der Waals surface area contributed by atoms with E-state index in [0.717, 1.165) is 12.8 Å². The van der Waals surface area contributed by atoms with Gasteiger partial charge in [0.1, 0.15) is 0 Å². The Bertz CT molecular complexity index is 63.9. The van der Waals surface area contributed by atoms with Gasteiger partial charge < -0.3 is 5.11 Å². The largest absolute Gasteiger partial charge is 0.393 e. The lowest BCUT2D eigenvalue weighted by molar-refractivity contribution is 0.163. The maximum Gasteiger partial charge on any atom is 0.0514 e. The molecule has 0 spiro atoms. The fraction of sp³-hybridized carbons (Fsp3) is 1.00. The third-order valence-electron chi connectivity index (χ3n) is 1.35. The lowest BCUT2D eigenvalue weighted by atomic mass is 10.0. The van der Waals surface area contributed by atoms with Crippen molar-refractivity contribution in [3.05, 3.63) is 0 Å². The summed E-state index contributed by atoms with van der Waals surface area (Å²) in [7, 11) is 0. The van der Waals surface area contributed by atoms with Crippen LogP contribution < -0.4 is 0 Å². The van der Waals surface area contributed by atoms with Gasteiger partial charge in [-0.3, -0.25) is 0 Å². The van der Waals surface area contributed by atoms with E-state index in [0.29, 0.717) is 11.8 Å². The Morgan fingerprint density at radius 2 is 2.00 bits per heavy atom. The monoisotopic (exact) mass is 150 g/mol. The minimum Gasteiger partial charge on any atom is -0.393 e. The third kappa shape index (κ3) is 6.13. The quantitative estimate of drug-likeness (QED) is 0.608. The van der Waals surface area contributed by atoms with Crippen LogP contribution in [0.5, 0.6) is 0 Å². The molecule has 0 aromatic heterocycles. The molecule has 0 aliphatic carbocycles. The molecule has 0 amide bonds. The van der Waals surface area contributed by atoms with Crippen molar-refractivity contribution < 1.29 is 5.11 Å². The molecule has 9 heavy (non-hydrogen) atoms. The van der Waals surface area contributed by atoms with Gasteiger partial charge in [0.05, 0.1) is 6.10 Å². The lowest BCUT2D eigenvalue weighted by Crippen LogP contribution is -2.07. The van der Waals surface area contributed by atoms with E-state index < -0.39 is 0 Å². The van der Waals surface area contributed by atoms with E-state index in [9.17, 15) is 0 Å². The van der Waals surface area contributed by atoms with Gasteiger partial charge in [-0.15, -0.1) is 11.6 Å². The van der Waals surface area contributed by atoms with Gasteiger partial charge >= 0.3 is 0 Å². The average Bonchev–Trinajstić information content (AvgIpc) is 1.63. The van der Waals surface area contributed by atoms with Gasteiger partial charge in [-0.25, -0.2) is 0 Å². The van der Waals surface area contributed by atoms with E-state index in [4.69, 9.17) is 16.7 Å². The first-order valence-corrected chi connectivity index (χ1v) is 3.94. The molecule has 0 heterocycles. The number of halogens is 1. The first kappa shape index (κ1) is 9.25. The second-order valence-electron chi connectivity index (χ2n) is 2.67. The summed E-state index contributed by atoms with van der Waals surface area (Å²) >= 11 is 5.50. The second-order valence-corrected chi connectivity index (χ2v) is 3.05. The summed E-state index contributed by atoms with van der Waals surface area (Å²) in [6, 6.07) is 0. The summed E-state index contributed by atoms with van der Waals surface area (Å²) in [6.07, 6.45) is 1.70. The zero-order chi connectivity index (χ0) is 7.28. The highest BCUT2D eigenvalue weighted by atomic mass is 35.5. The smallest absolute Gasteiger partial charge is 0.0514 e. The molecule has 0 aliphatic rings. The van der Waals surface area contributed by atoms with Crippen LogP contribution in [0.2, 0.25) is 0 Å². The molecule has 0 saturated carbocycles. The van der Waals surface area contributed by atoms with Crippen LogP contribution in [0.3, 0.4) is 0 Å². The van der Waals surface area contributed by atoms with Crippen molar-refractivity contribution in [2.45, 2.75) is 32.8 Å². The molecule has 0 fully saturated rings. The summed E-state index contributed by atoms with van der Waals surface area (Å²) in [5.41, 5.74) is 0. The zero-order valence-corrected chi connectivity index (χ0v) is 6.86. The normalized spacial score (nSPS) is 17.3. The van der Waals surface area contributed by atoms with Gasteiger partial charge in [0.2, 0.25) is 0 Å². The summed E-state index contributed by atoms with van der Waals surface area (Å²) in [4.78, 5) is 0. The van der Waals surface area contributed by atoms with Crippen LogP contribution in [0.4, 0.5) is 0 Å². The predicted octanol–water partition coefficient (Wildman–Crippen LogP) is 2.02. The number of rotatable bonds is 4. The van der Waals surface area contributed by atoms with Crippen molar-refractivity contribution in [1.29, 1.82) is 0 Å². The van der Waals surface area contributed by atoms with E-state index in [1.54, 1.807) is 0 Å². The molecule has 0 bridgehead atoms. The summed E-state index contributed by atoms with van der Waals surface area (Å²) in [5, 5.41) is 8.91. The zero-order valence-electron chi connectivity index (χ0n) is 6.10. The van der Waals surface area contributed by atoms with Crippen LogP contribution in [0.25, 0.3) is 0 Å². The Morgan fingerprint density at radius 1 is 1.44 bits per heavy atom. The van der Waals surface area contributed by atoms with Gasteiger partial charge in [-0.2, -0.15) is 0 Å². The Morgan fingerprint density at radius 3 is 2.33 bits per heavy atom. The van der Waals surface area contributed by atoms with E-state index in [1.807, 2.05) is 6.92 Å². The van der Waals surface area contributed by atoms with Crippen molar-refractivity contribution in [2.75, 3.05) is 5.88 Å². The van der Waals surface area contributed by atoms with Crippen LogP contribution in [0.1, 0.15) is 26.7 Å². The summed E-state index contributed by atoms with van der Waals surface area (Å²) in [6.45, 7) is 3.92. The maximum absolute atomic E-state index is 8.91. The summed E-state index contributed by atoms with van der Waals surface area (Å²) in [5.74, 6) is 1.26. The van der Waals surface area contributed by atoms with Crippen LogP contribution in [-0.2, 0) is 0 Å². The van der Waals surface area contributed by atoms with Crippen molar-refractivity contribution in [3.63, 3.8) is 0 Å². The molecule has 2 atom stereocenters. The number of alkyl halides is 1. The minimum atomic E-state index is -0.178. The van der Waals surface area contributed by atoms with Gasteiger partial charge in [0, 0.05) is 5.88 Å². The van der Waals surface area contributed by atoms with Crippen molar-refractivity contribution in [2.24, 2.45) is 5.92 Å². The number of aliphatic hydroxyl groups excluding tert-OH is 1. The van der Waals surface area contributed by atoms with E-state index in [-0.39, 0.29) is 6.10 Å². The highest BCUT2D eigenvalue weighted by molar-refractivity contribution is 6.17. The van der Waals surface area contributed by atoms with Gasteiger partial charge in [-0.05, 0) is 25.7 Å². The Balaban J connectivity index is 3.15. The third-order valence-corrected chi connectivity index (χ3v) is 1.56. The molecular formula is C7H15ClO. The predicted molar refractivity (Wildman–Crippen MR) is 40.8 cm³/mol. The molecule has 2 unspecified atom stereocenters. The van der Waals surface area contributed by atoms with Gasteiger partial charge in [0.25, 0.3) is 0 Å². The van der Waals surface area contributed by atoms with Crippen molar-refractivity contribution in [1.82, 2.24) is 0 Å². The van der Waals surface area contributed by atoms with E-state index in [2.05, 4.69) is 6.92 Å². The average molecular weight is 151 g/mol. The number of hydrogen-bond acceptors (Lipinski definition) is 1. The summed E-state index contributed by atoms with van der Waals surface area (Å²) < 4.78 is 0. The molecule has 0 rings (SSSR count). The topological polar surface area (TPSA) is 20.2 Å².